The average molecular weight is 253 g/mol. The maximum absolute atomic E-state index is 11.9. The van der Waals surface area contributed by atoms with Gasteiger partial charge in [-0.1, -0.05) is 36.6 Å². The number of benzene rings is 1. The third-order valence-electron chi connectivity index (χ3n) is 3.26. The standard InChI is InChI=1S/C13H17ClN2O/c14-10-5-1-2-6-11(10)16-12(17)9-13(15)7-3-4-8-13/h1-2,5-6H,3-4,7-9,15H2,(H,16,17). The lowest BCUT2D eigenvalue weighted by atomic mass is 9.94. The van der Waals surface area contributed by atoms with Gasteiger partial charge in [0, 0.05) is 12.0 Å². The normalized spacial score (nSPS) is 18.0. The van der Waals surface area contributed by atoms with E-state index in [1.165, 1.54) is 0 Å². The second-order valence-corrected chi connectivity index (χ2v) is 5.18. The molecule has 0 unspecified atom stereocenters. The Balaban J connectivity index is 1.96. The van der Waals surface area contributed by atoms with E-state index < -0.39 is 0 Å². The lowest BCUT2D eigenvalue weighted by molar-refractivity contribution is -0.117. The molecule has 1 aromatic rings. The highest BCUT2D eigenvalue weighted by Gasteiger charge is 2.31. The van der Waals surface area contributed by atoms with Crippen LogP contribution in [0.2, 0.25) is 5.02 Å². The van der Waals surface area contributed by atoms with E-state index in [9.17, 15) is 4.79 Å². The summed E-state index contributed by atoms with van der Waals surface area (Å²) in [5.74, 6) is -0.0532. The van der Waals surface area contributed by atoms with Crippen LogP contribution < -0.4 is 11.1 Å². The molecule has 0 aliphatic heterocycles. The molecule has 1 fully saturated rings. The van der Waals surface area contributed by atoms with Crippen molar-refractivity contribution in [1.82, 2.24) is 0 Å². The van der Waals surface area contributed by atoms with Gasteiger partial charge in [-0.25, -0.2) is 0 Å². The van der Waals surface area contributed by atoms with E-state index in [0.717, 1.165) is 25.7 Å². The van der Waals surface area contributed by atoms with E-state index in [1.807, 2.05) is 12.1 Å². The molecule has 0 radical (unpaired) electrons. The van der Waals surface area contributed by atoms with Gasteiger partial charge in [0.15, 0.2) is 0 Å². The van der Waals surface area contributed by atoms with Crippen molar-refractivity contribution in [2.45, 2.75) is 37.6 Å². The molecule has 92 valence electrons. The van der Waals surface area contributed by atoms with Crippen molar-refractivity contribution in [2.24, 2.45) is 5.73 Å². The van der Waals surface area contributed by atoms with Crippen molar-refractivity contribution < 1.29 is 4.79 Å². The summed E-state index contributed by atoms with van der Waals surface area (Å²) in [5, 5.41) is 3.37. The van der Waals surface area contributed by atoms with Crippen LogP contribution in [0.4, 0.5) is 5.69 Å². The molecule has 3 N–H and O–H groups in total. The molecule has 0 spiro atoms. The van der Waals surface area contributed by atoms with Crippen LogP contribution in [-0.4, -0.2) is 11.4 Å². The maximum atomic E-state index is 11.9. The zero-order chi connectivity index (χ0) is 12.3. The summed E-state index contributed by atoms with van der Waals surface area (Å²) in [6.45, 7) is 0. The zero-order valence-corrected chi connectivity index (χ0v) is 10.5. The van der Waals surface area contributed by atoms with E-state index in [1.54, 1.807) is 12.1 Å². The van der Waals surface area contributed by atoms with E-state index in [2.05, 4.69) is 5.32 Å². The number of nitrogens with one attached hydrogen (secondary N) is 1. The number of carbonyl (C=O) groups is 1. The predicted molar refractivity (Wildman–Crippen MR) is 70.1 cm³/mol. The summed E-state index contributed by atoms with van der Waals surface area (Å²) in [6.07, 6.45) is 4.48. The second kappa shape index (κ2) is 5.07. The summed E-state index contributed by atoms with van der Waals surface area (Å²) in [7, 11) is 0. The predicted octanol–water partition coefficient (Wildman–Crippen LogP) is 2.94. The van der Waals surface area contributed by atoms with E-state index in [-0.39, 0.29) is 11.4 Å². The van der Waals surface area contributed by atoms with Crippen molar-refractivity contribution in [3.05, 3.63) is 29.3 Å². The molecule has 0 saturated heterocycles. The third-order valence-corrected chi connectivity index (χ3v) is 3.59. The number of para-hydroxylation sites is 1. The molecule has 3 nitrogen and oxygen atoms in total. The first-order chi connectivity index (χ1) is 8.09. The first kappa shape index (κ1) is 12.4. The number of carbonyl (C=O) groups excluding carboxylic acids is 1. The molecular weight excluding hydrogens is 236 g/mol. The van der Waals surface area contributed by atoms with Crippen molar-refractivity contribution in [3.8, 4) is 0 Å². The topological polar surface area (TPSA) is 55.1 Å². The van der Waals surface area contributed by atoms with Crippen LogP contribution in [0.15, 0.2) is 24.3 Å². The van der Waals surface area contributed by atoms with E-state index in [0.29, 0.717) is 17.1 Å². The molecule has 1 aliphatic rings. The Morgan fingerprint density at radius 3 is 2.65 bits per heavy atom. The Bertz CT molecular complexity index is 414. The molecule has 1 saturated carbocycles. The third kappa shape index (κ3) is 3.20. The Kier molecular flexibility index (Phi) is 3.69. The van der Waals surface area contributed by atoms with Crippen LogP contribution in [0.3, 0.4) is 0 Å². The first-order valence-electron chi connectivity index (χ1n) is 5.92. The molecule has 0 bridgehead atoms. The van der Waals surface area contributed by atoms with Crippen molar-refractivity contribution in [2.75, 3.05) is 5.32 Å². The highest BCUT2D eigenvalue weighted by atomic mass is 35.5. The van der Waals surface area contributed by atoms with Crippen LogP contribution in [0, 0.1) is 0 Å². The van der Waals surface area contributed by atoms with Crippen molar-refractivity contribution in [1.29, 1.82) is 0 Å². The van der Waals surface area contributed by atoms with Gasteiger partial charge in [0.25, 0.3) is 0 Å². The number of amides is 1. The molecule has 17 heavy (non-hydrogen) atoms. The molecule has 2 rings (SSSR count). The molecule has 1 amide bonds. The fraction of sp³-hybridized carbons (Fsp3) is 0.462. The summed E-state index contributed by atoms with van der Waals surface area (Å²) in [6, 6.07) is 7.22. The summed E-state index contributed by atoms with van der Waals surface area (Å²) in [4.78, 5) is 11.9. The van der Waals surface area contributed by atoms with Crippen molar-refractivity contribution >= 4 is 23.2 Å². The molecule has 0 heterocycles. The van der Waals surface area contributed by atoms with Gasteiger partial charge in [-0.2, -0.15) is 0 Å². The average Bonchev–Trinajstić information content (AvgIpc) is 2.68. The number of halogens is 1. The van der Waals surface area contributed by atoms with Crippen LogP contribution >= 0.6 is 11.6 Å². The Hall–Kier alpha value is -1.06. The summed E-state index contributed by atoms with van der Waals surface area (Å²) >= 11 is 5.97. The second-order valence-electron chi connectivity index (χ2n) is 4.77. The number of hydrogen-bond donors (Lipinski definition) is 2. The monoisotopic (exact) mass is 252 g/mol. The Morgan fingerprint density at radius 2 is 2.00 bits per heavy atom. The minimum absolute atomic E-state index is 0.0532. The van der Waals surface area contributed by atoms with Gasteiger partial charge in [0.05, 0.1) is 10.7 Å². The van der Waals surface area contributed by atoms with Crippen LogP contribution in [0.1, 0.15) is 32.1 Å². The highest BCUT2D eigenvalue weighted by Crippen LogP contribution is 2.30. The van der Waals surface area contributed by atoms with Crippen molar-refractivity contribution in [3.63, 3.8) is 0 Å². The van der Waals surface area contributed by atoms with Gasteiger partial charge in [-0.05, 0) is 25.0 Å². The van der Waals surface area contributed by atoms with Gasteiger partial charge < -0.3 is 11.1 Å². The van der Waals surface area contributed by atoms with Gasteiger partial charge >= 0.3 is 0 Å². The molecular formula is C13H17ClN2O. The van der Waals surface area contributed by atoms with Crippen LogP contribution in [0.5, 0.6) is 0 Å². The molecule has 0 atom stereocenters. The number of rotatable bonds is 3. The minimum atomic E-state index is -0.314. The molecule has 1 aromatic carbocycles. The van der Waals surface area contributed by atoms with E-state index >= 15 is 0 Å². The number of hydrogen-bond acceptors (Lipinski definition) is 2. The fourth-order valence-corrected chi connectivity index (χ4v) is 2.52. The van der Waals surface area contributed by atoms with E-state index in [4.69, 9.17) is 17.3 Å². The lowest BCUT2D eigenvalue weighted by Crippen LogP contribution is -2.40. The summed E-state index contributed by atoms with van der Waals surface area (Å²) in [5.41, 5.74) is 6.50. The molecule has 4 heteroatoms. The lowest BCUT2D eigenvalue weighted by Gasteiger charge is -2.22. The first-order valence-corrected chi connectivity index (χ1v) is 6.30. The minimum Gasteiger partial charge on any atom is -0.325 e. The number of anilines is 1. The van der Waals surface area contributed by atoms with Gasteiger partial charge in [-0.3, -0.25) is 4.79 Å². The zero-order valence-electron chi connectivity index (χ0n) is 9.71. The van der Waals surface area contributed by atoms with Crippen LogP contribution in [0.25, 0.3) is 0 Å². The van der Waals surface area contributed by atoms with Gasteiger partial charge in [-0.15, -0.1) is 0 Å². The maximum Gasteiger partial charge on any atom is 0.226 e. The highest BCUT2D eigenvalue weighted by molar-refractivity contribution is 6.33. The SMILES string of the molecule is NC1(CC(=O)Nc2ccccc2Cl)CCCC1. The van der Waals surface area contributed by atoms with Gasteiger partial charge in [0.2, 0.25) is 5.91 Å². The molecule has 1 aliphatic carbocycles. The van der Waals surface area contributed by atoms with Gasteiger partial charge in [0.1, 0.15) is 0 Å². The smallest absolute Gasteiger partial charge is 0.226 e. The van der Waals surface area contributed by atoms with Crippen LogP contribution in [-0.2, 0) is 4.79 Å². The quantitative estimate of drug-likeness (QED) is 0.869. The molecule has 0 aromatic heterocycles. The largest absolute Gasteiger partial charge is 0.325 e. The number of nitrogens with two attached hydrogens (primary N) is 1. The Morgan fingerprint density at radius 1 is 1.35 bits per heavy atom. The summed E-state index contributed by atoms with van der Waals surface area (Å²) < 4.78 is 0. The fourth-order valence-electron chi connectivity index (χ4n) is 2.33. The Labute approximate surface area is 106 Å².